The zero-order valence-corrected chi connectivity index (χ0v) is 24.0. The van der Waals surface area contributed by atoms with Gasteiger partial charge in [-0.2, -0.15) is 4.98 Å². The fourth-order valence-corrected chi connectivity index (χ4v) is 6.82. The number of anilines is 2. The summed E-state index contributed by atoms with van der Waals surface area (Å²) < 4.78 is 2.12. The van der Waals surface area contributed by atoms with Crippen LogP contribution in [0.5, 0.6) is 0 Å². The Balaban J connectivity index is 1.21. The van der Waals surface area contributed by atoms with Crippen molar-refractivity contribution in [2.75, 3.05) is 32.5 Å². The molecule has 3 aromatic rings. The average molecular weight is 559 g/mol. The molecular weight excluding hydrogens is 520 g/mol. The molecule has 3 aromatic heterocycles. The molecule has 41 heavy (non-hydrogen) atoms. The molecule has 216 valence electrons. The minimum absolute atomic E-state index is 0.0422. The molecule has 2 atom stereocenters. The minimum Gasteiger partial charge on any atom is -0.343 e. The van der Waals surface area contributed by atoms with E-state index in [9.17, 15) is 14.4 Å². The molecule has 1 N–H and O–H groups in total. The van der Waals surface area contributed by atoms with E-state index in [0.29, 0.717) is 36.1 Å². The van der Waals surface area contributed by atoms with Crippen molar-refractivity contribution in [3.8, 4) is 0 Å². The largest absolute Gasteiger partial charge is 0.343 e. The summed E-state index contributed by atoms with van der Waals surface area (Å²) in [6.45, 7) is 2.72. The fraction of sp³-hybridized carbons (Fsp3) is 0.533. The molecule has 0 aromatic carbocycles. The van der Waals surface area contributed by atoms with Crippen LogP contribution in [-0.2, 0) is 4.79 Å². The first-order chi connectivity index (χ1) is 19.8. The molecule has 2 saturated heterocycles. The minimum atomic E-state index is -0.0684. The van der Waals surface area contributed by atoms with Gasteiger partial charge in [-0.3, -0.25) is 14.4 Å². The molecular formula is C30H38N8O3. The van der Waals surface area contributed by atoms with Gasteiger partial charge in [-0.1, -0.05) is 25.7 Å². The molecule has 2 aliphatic heterocycles. The monoisotopic (exact) mass is 558 g/mol. The third-order valence-corrected chi connectivity index (χ3v) is 8.77. The number of nitrogens with one attached hydrogen (secondary N) is 1. The summed E-state index contributed by atoms with van der Waals surface area (Å²) in [5.74, 6) is 0.891. The highest BCUT2D eigenvalue weighted by Crippen LogP contribution is 2.34. The number of hydrogen-bond donors (Lipinski definition) is 1. The number of pyridine rings is 1. The standard InChI is InChI=1S/C30H38N8O3/c1-19(39)37-23-11-12-24(37)18-36(17-23)28(40)20-10-13-26(31-15-20)33-30-32-16-21-14-25(29(41)35(2)3)38(27(21)34-30)22-8-6-4-5-7-9-22/h10,13-16,22-24H,4-9,11-12,17-18H2,1-3H3,(H,31,32,33,34). The number of hydrogen-bond acceptors (Lipinski definition) is 7. The van der Waals surface area contributed by atoms with Crippen molar-refractivity contribution < 1.29 is 14.4 Å². The van der Waals surface area contributed by atoms with E-state index in [1.165, 1.54) is 12.8 Å². The zero-order valence-electron chi connectivity index (χ0n) is 24.0. The molecule has 2 unspecified atom stereocenters. The molecule has 6 rings (SSSR count). The summed E-state index contributed by atoms with van der Waals surface area (Å²) in [6.07, 6.45) is 11.9. The Kier molecular flexibility index (Phi) is 7.35. The van der Waals surface area contributed by atoms with Crippen LogP contribution >= 0.6 is 0 Å². The van der Waals surface area contributed by atoms with Crippen LogP contribution in [0.1, 0.15) is 85.2 Å². The number of likely N-dealkylation sites (tertiary alicyclic amines) is 1. The molecule has 3 aliphatic rings. The lowest BCUT2D eigenvalue weighted by atomic mass is 10.1. The smallest absolute Gasteiger partial charge is 0.270 e. The fourth-order valence-electron chi connectivity index (χ4n) is 6.82. The maximum absolute atomic E-state index is 13.2. The van der Waals surface area contributed by atoms with Crippen LogP contribution in [0.2, 0.25) is 0 Å². The van der Waals surface area contributed by atoms with Gasteiger partial charge >= 0.3 is 0 Å². The van der Waals surface area contributed by atoms with Gasteiger partial charge in [0, 0.05) is 70.0 Å². The molecule has 1 saturated carbocycles. The summed E-state index contributed by atoms with van der Waals surface area (Å²) >= 11 is 0. The third kappa shape index (κ3) is 5.25. The molecule has 3 amide bonds. The topological polar surface area (TPSA) is 117 Å². The van der Waals surface area contributed by atoms with E-state index in [1.807, 2.05) is 15.9 Å². The number of amides is 3. The van der Waals surface area contributed by atoms with Crippen molar-refractivity contribution in [1.82, 2.24) is 34.2 Å². The van der Waals surface area contributed by atoms with Crippen molar-refractivity contribution >= 4 is 40.5 Å². The molecule has 1 aliphatic carbocycles. The first kappa shape index (κ1) is 27.2. The van der Waals surface area contributed by atoms with Crippen LogP contribution in [0, 0.1) is 0 Å². The Hall–Kier alpha value is -4.02. The SMILES string of the molecule is CC(=O)N1C2CCC1CN(C(=O)c1ccc(Nc3ncc4cc(C(=O)N(C)C)n(C5CCCCCC5)c4n3)nc1)C2. The molecule has 11 heteroatoms. The van der Waals surface area contributed by atoms with Gasteiger partial charge in [0.05, 0.1) is 5.56 Å². The second-order valence-electron chi connectivity index (χ2n) is 11.8. The van der Waals surface area contributed by atoms with Crippen molar-refractivity contribution in [1.29, 1.82) is 0 Å². The quantitative estimate of drug-likeness (QED) is 0.471. The first-order valence-corrected chi connectivity index (χ1v) is 14.7. The van der Waals surface area contributed by atoms with Crippen molar-refractivity contribution in [2.45, 2.75) is 76.4 Å². The maximum Gasteiger partial charge on any atom is 0.270 e. The van der Waals surface area contributed by atoms with E-state index < -0.39 is 0 Å². The summed E-state index contributed by atoms with van der Waals surface area (Å²) in [7, 11) is 3.54. The van der Waals surface area contributed by atoms with Crippen LogP contribution in [-0.4, -0.2) is 91.2 Å². The van der Waals surface area contributed by atoms with Gasteiger partial charge in [0.25, 0.3) is 11.8 Å². The molecule has 0 spiro atoms. The van der Waals surface area contributed by atoms with Gasteiger partial charge in [0.1, 0.15) is 17.2 Å². The Labute approximate surface area is 239 Å². The Morgan fingerprint density at radius 2 is 1.61 bits per heavy atom. The Morgan fingerprint density at radius 1 is 0.902 bits per heavy atom. The highest BCUT2D eigenvalue weighted by molar-refractivity contribution is 5.98. The van der Waals surface area contributed by atoms with Crippen LogP contribution in [0.15, 0.2) is 30.6 Å². The van der Waals surface area contributed by atoms with Crippen molar-refractivity contribution in [3.63, 3.8) is 0 Å². The van der Waals surface area contributed by atoms with Crippen molar-refractivity contribution in [2.24, 2.45) is 0 Å². The molecule has 0 radical (unpaired) electrons. The molecule has 5 heterocycles. The summed E-state index contributed by atoms with van der Waals surface area (Å²) in [5.41, 5.74) is 1.89. The highest BCUT2D eigenvalue weighted by Gasteiger charge is 2.42. The number of aromatic nitrogens is 4. The number of nitrogens with zero attached hydrogens (tertiary/aromatic N) is 7. The highest BCUT2D eigenvalue weighted by atomic mass is 16.2. The number of piperazine rings is 1. The van der Waals surface area contributed by atoms with Gasteiger partial charge < -0.3 is 24.6 Å². The van der Waals surface area contributed by atoms with E-state index in [-0.39, 0.29) is 35.8 Å². The van der Waals surface area contributed by atoms with Crippen LogP contribution in [0.4, 0.5) is 11.8 Å². The van der Waals surface area contributed by atoms with E-state index in [2.05, 4.69) is 19.9 Å². The van der Waals surface area contributed by atoms with Gasteiger partial charge in [-0.05, 0) is 43.9 Å². The summed E-state index contributed by atoms with van der Waals surface area (Å²) in [4.78, 5) is 57.6. The van der Waals surface area contributed by atoms with E-state index >= 15 is 0 Å². The lowest BCUT2D eigenvalue weighted by Gasteiger charge is -2.40. The normalized spacial score (nSPS) is 21.1. The third-order valence-electron chi connectivity index (χ3n) is 8.77. The van der Waals surface area contributed by atoms with E-state index in [4.69, 9.17) is 4.98 Å². The molecule has 11 nitrogen and oxygen atoms in total. The second kappa shape index (κ2) is 11.1. The first-order valence-electron chi connectivity index (χ1n) is 14.7. The summed E-state index contributed by atoms with van der Waals surface area (Å²) in [5, 5.41) is 4.01. The number of fused-ring (bicyclic) bond motifs is 3. The zero-order chi connectivity index (χ0) is 28.7. The lowest BCUT2D eigenvalue weighted by Crippen LogP contribution is -2.56. The molecule has 2 bridgehead atoms. The lowest BCUT2D eigenvalue weighted by molar-refractivity contribution is -0.134. The Morgan fingerprint density at radius 3 is 2.22 bits per heavy atom. The molecule has 3 fully saturated rings. The summed E-state index contributed by atoms with van der Waals surface area (Å²) in [6, 6.07) is 5.83. The van der Waals surface area contributed by atoms with Gasteiger partial charge in [-0.25, -0.2) is 9.97 Å². The van der Waals surface area contributed by atoms with Gasteiger partial charge in [-0.15, -0.1) is 0 Å². The van der Waals surface area contributed by atoms with E-state index in [1.54, 1.807) is 50.4 Å². The van der Waals surface area contributed by atoms with Gasteiger partial charge in [0.2, 0.25) is 11.9 Å². The predicted molar refractivity (Wildman–Crippen MR) is 155 cm³/mol. The Bertz CT molecular complexity index is 1440. The van der Waals surface area contributed by atoms with Crippen molar-refractivity contribution in [3.05, 3.63) is 41.9 Å². The number of rotatable bonds is 5. The average Bonchev–Trinajstić information content (AvgIpc) is 3.32. The predicted octanol–water partition coefficient (Wildman–Crippen LogP) is 4.00. The second-order valence-corrected chi connectivity index (χ2v) is 11.8. The number of carbonyl (C=O) groups excluding carboxylic acids is 3. The van der Waals surface area contributed by atoms with Gasteiger partial charge in [0.15, 0.2) is 0 Å². The van der Waals surface area contributed by atoms with Crippen LogP contribution < -0.4 is 5.32 Å². The van der Waals surface area contributed by atoms with Crippen LogP contribution in [0.3, 0.4) is 0 Å². The number of carbonyl (C=O) groups is 3. The van der Waals surface area contributed by atoms with E-state index in [0.717, 1.165) is 49.6 Å². The maximum atomic E-state index is 13.2. The van der Waals surface area contributed by atoms with Crippen LogP contribution in [0.25, 0.3) is 11.0 Å².